The number of rotatable bonds is 2. The second-order valence-corrected chi connectivity index (χ2v) is 4.76. The minimum absolute atomic E-state index is 0.00444. The molecule has 1 fully saturated rings. The van der Waals surface area contributed by atoms with Crippen molar-refractivity contribution in [3.05, 3.63) is 16.9 Å². The summed E-state index contributed by atoms with van der Waals surface area (Å²) in [5.74, 6) is -2.38. The average molecular weight is 265 g/mol. The summed E-state index contributed by atoms with van der Waals surface area (Å²) in [7, 11) is 0. The maximum absolute atomic E-state index is 12.9. The summed E-state index contributed by atoms with van der Waals surface area (Å²) < 4.78 is 28.3. The summed E-state index contributed by atoms with van der Waals surface area (Å²) in [4.78, 5) is 0. The summed E-state index contributed by atoms with van der Waals surface area (Å²) in [6, 6.07) is 0. The van der Waals surface area contributed by atoms with Crippen LogP contribution in [0.5, 0.6) is 0 Å². The Morgan fingerprint density at radius 2 is 2.43 bits per heavy atom. The minimum atomic E-state index is -2.45. The van der Waals surface area contributed by atoms with E-state index in [-0.39, 0.29) is 18.8 Å². The minimum Gasteiger partial charge on any atom is -0.271 e. The molecule has 0 spiro atoms. The smallest absolute Gasteiger partial charge is 0.248 e. The zero-order valence-corrected chi connectivity index (χ0v) is 9.17. The Labute approximate surface area is 89.4 Å². The molecular formula is C9H11BrF2N2. The Hall–Kier alpha value is -0.450. The van der Waals surface area contributed by atoms with Crippen molar-refractivity contribution in [2.75, 3.05) is 0 Å². The van der Waals surface area contributed by atoms with Crippen molar-refractivity contribution >= 4 is 15.9 Å². The standard InChI is InChI=1S/C9H11BrF2N2/c10-8-4-13-14(6-8)5-7-1-2-9(11,12)3-7/h4,6-7H,1-3,5H2. The molecule has 1 aliphatic carbocycles. The van der Waals surface area contributed by atoms with Crippen LogP contribution in [0.1, 0.15) is 19.3 Å². The van der Waals surface area contributed by atoms with Gasteiger partial charge in [0.1, 0.15) is 0 Å². The third kappa shape index (κ3) is 2.32. The van der Waals surface area contributed by atoms with Gasteiger partial charge in [0.05, 0.1) is 10.7 Å². The Morgan fingerprint density at radius 3 is 2.93 bits per heavy atom. The van der Waals surface area contributed by atoms with E-state index >= 15 is 0 Å². The van der Waals surface area contributed by atoms with E-state index in [1.807, 2.05) is 6.20 Å². The lowest BCUT2D eigenvalue weighted by Crippen LogP contribution is -2.13. The van der Waals surface area contributed by atoms with Crippen molar-refractivity contribution in [2.24, 2.45) is 5.92 Å². The number of hydrogen-bond donors (Lipinski definition) is 0. The largest absolute Gasteiger partial charge is 0.271 e. The molecule has 0 aromatic carbocycles. The van der Waals surface area contributed by atoms with Gasteiger partial charge in [0.2, 0.25) is 5.92 Å². The molecule has 1 aromatic rings. The Kier molecular flexibility index (Phi) is 2.60. The summed E-state index contributed by atoms with van der Waals surface area (Å²) in [5.41, 5.74) is 0. The number of alkyl halides is 2. The van der Waals surface area contributed by atoms with Crippen LogP contribution < -0.4 is 0 Å². The van der Waals surface area contributed by atoms with Gasteiger partial charge in [-0.25, -0.2) is 8.78 Å². The van der Waals surface area contributed by atoms with E-state index in [0.717, 1.165) is 4.47 Å². The number of nitrogens with zero attached hydrogens (tertiary/aromatic N) is 2. The fourth-order valence-electron chi connectivity index (χ4n) is 1.90. The molecule has 2 nitrogen and oxygen atoms in total. The third-order valence-corrected chi connectivity index (χ3v) is 2.96. The van der Waals surface area contributed by atoms with Crippen LogP contribution in [0, 0.1) is 5.92 Å². The fraction of sp³-hybridized carbons (Fsp3) is 0.667. The molecule has 78 valence electrons. The van der Waals surface area contributed by atoms with E-state index in [0.29, 0.717) is 13.0 Å². The predicted molar refractivity (Wildman–Crippen MR) is 52.2 cm³/mol. The molecule has 1 heterocycles. The van der Waals surface area contributed by atoms with Crippen LogP contribution in [0.15, 0.2) is 16.9 Å². The van der Waals surface area contributed by atoms with Gasteiger partial charge in [0, 0.05) is 25.6 Å². The lowest BCUT2D eigenvalue weighted by Gasteiger charge is -2.10. The highest BCUT2D eigenvalue weighted by Gasteiger charge is 2.39. The number of halogens is 3. The molecule has 0 N–H and O–H groups in total. The molecule has 5 heteroatoms. The average Bonchev–Trinajstić information content (AvgIpc) is 2.59. The molecule has 14 heavy (non-hydrogen) atoms. The first kappa shape index (κ1) is 10.1. The molecule has 1 saturated carbocycles. The van der Waals surface area contributed by atoms with E-state index < -0.39 is 5.92 Å². The maximum Gasteiger partial charge on any atom is 0.248 e. The highest BCUT2D eigenvalue weighted by molar-refractivity contribution is 9.10. The zero-order chi connectivity index (χ0) is 10.2. The number of aromatic nitrogens is 2. The van der Waals surface area contributed by atoms with Gasteiger partial charge in [-0.3, -0.25) is 4.68 Å². The monoisotopic (exact) mass is 264 g/mol. The molecule has 0 saturated heterocycles. The van der Waals surface area contributed by atoms with Crippen LogP contribution in [0.25, 0.3) is 0 Å². The van der Waals surface area contributed by atoms with Gasteiger partial charge in [0.15, 0.2) is 0 Å². The lowest BCUT2D eigenvalue weighted by molar-refractivity contribution is 0.00423. The quantitative estimate of drug-likeness (QED) is 0.803. The van der Waals surface area contributed by atoms with Crippen molar-refractivity contribution in [3.8, 4) is 0 Å². The summed E-state index contributed by atoms with van der Waals surface area (Å²) >= 11 is 3.27. The molecule has 1 unspecified atom stereocenters. The van der Waals surface area contributed by atoms with Gasteiger partial charge in [-0.05, 0) is 28.3 Å². The molecule has 1 atom stereocenters. The molecular weight excluding hydrogens is 254 g/mol. The molecule has 1 aromatic heterocycles. The lowest BCUT2D eigenvalue weighted by atomic mass is 10.1. The molecule has 1 aliphatic rings. The Morgan fingerprint density at radius 1 is 1.64 bits per heavy atom. The first-order chi connectivity index (χ1) is 6.55. The highest BCUT2D eigenvalue weighted by atomic mass is 79.9. The number of hydrogen-bond acceptors (Lipinski definition) is 1. The normalized spacial score (nSPS) is 25.5. The second-order valence-electron chi connectivity index (χ2n) is 3.85. The molecule has 2 rings (SSSR count). The van der Waals surface area contributed by atoms with Crippen LogP contribution in [-0.2, 0) is 6.54 Å². The summed E-state index contributed by atoms with van der Waals surface area (Å²) in [6.07, 6.45) is 4.12. The van der Waals surface area contributed by atoms with Gasteiger partial charge in [-0.15, -0.1) is 0 Å². The van der Waals surface area contributed by atoms with E-state index in [2.05, 4.69) is 21.0 Å². The fourth-order valence-corrected chi connectivity index (χ4v) is 2.23. The maximum atomic E-state index is 12.9. The summed E-state index contributed by atoms with van der Waals surface area (Å²) in [5, 5.41) is 4.05. The Bertz CT molecular complexity index is 324. The Balaban J connectivity index is 1.94. The van der Waals surface area contributed by atoms with Crippen molar-refractivity contribution in [3.63, 3.8) is 0 Å². The molecule has 0 aliphatic heterocycles. The van der Waals surface area contributed by atoms with Gasteiger partial charge in [0.25, 0.3) is 0 Å². The van der Waals surface area contributed by atoms with Crippen LogP contribution in [0.2, 0.25) is 0 Å². The third-order valence-electron chi connectivity index (χ3n) is 2.55. The van der Waals surface area contributed by atoms with Gasteiger partial charge < -0.3 is 0 Å². The molecule has 0 radical (unpaired) electrons. The van der Waals surface area contributed by atoms with E-state index in [1.54, 1.807) is 10.9 Å². The predicted octanol–water partition coefficient (Wildman–Crippen LogP) is 3.08. The van der Waals surface area contributed by atoms with Crippen LogP contribution >= 0.6 is 15.9 Å². The first-order valence-corrected chi connectivity index (χ1v) is 5.40. The van der Waals surface area contributed by atoms with Gasteiger partial charge in [-0.2, -0.15) is 5.10 Å². The topological polar surface area (TPSA) is 17.8 Å². The van der Waals surface area contributed by atoms with Crippen LogP contribution in [0.3, 0.4) is 0 Å². The highest BCUT2D eigenvalue weighted by Crippen LogP contribution is 2.39. The van der Waals surface area contributed by atoms with E-state index in [1.165, 1.54) is 0 Å². The SMILES string of the molecule is FC1(F)CCC(Cn2cc(Br)cn2)C1. The van der Waals surface area contributed by atoms with E-state index in [4.69, 9.17) is 0 Å². The van der Waals surface area contributed by atoms with Gasteiger partial charge in [-0.1, -0.05) is 0 Å². The zero-order valence-electron chi connectivity index (χ0n) is 7.59. The van der Waals surface area contributed by atoms with Crippen molar-refractivity contribution in [2.45, 2.75) is 31.7 Å². The molecule has 0 amide bonds. The van der Waals surface area contributed by atoms with Crippen molar-refractivity contribution < 1.29 is 8.78 Å². The molecule has 0 bridgehead atoms. The first-order valence-electron chi connectivity index (χ1n) is 4.61. The van der Waals surface area contributed by atoms with Gasteiger partial charge >= 0.3 is 0 Å². The van der Waals surface area contributed by atoms with Crippen molar-refractivity contribution in [1.29, 1.82) is 0 Å². The van der Waals surface area contributed by atoms with Crippen LogP contribution in [0.4, 0.5) is 8.78 Å². The second kappa shape index (κ2) is 3.61. The van der Waals surface area contributed by atoms with Crippen molar-refractivity contribution in [1.82, 2.24) is 9.78 Å². The van der Waals surface area contributed by atoms with E-state index in [9.17, 15) is 8.78 Å². The van der Waals surface area contributed by atoms with Crippen LogP contribution in [-0.4, -0.2) is 15.7 Å². The summed E-state index contributed by atoms with van der Waals surface area (Å²) in [6.45, 7) is 0.598.